The molecule has 0 aromatic heterocycles. The van der Waals surface area contributed by atoms with Gasteiger partial charge >= 0.3 is 6.18 Å². The number of unbranched alkanes of at least 4 members (excludes halogenated alkanes) is 1. The molecule has 1 rings (SSSR count). The molecule has 2 nitrogen and oxygen atoms in total. The molecular weight excluding hydrogens is 238 g/mol. The quantitative estimate of drug-likeness (QED) is 0.622. The summed E-state index contributed by atoms with van der Waals surface area (Å²) in [6, 6.07) is 2.36. The molecule has 0 unspecified atom stereocenters. The summed E-state index contributed by atoms with van der Waals surface area (Å²) in [6.07, 6.45) is -3.34. The zero-order valence-corrected chi connectivity index (χ0v) is 9.02. The lowest BCUT2D eigenvalue weighted by atomic mass is 10.2. The van der Waals surface area contributed by atoms with Gasteiger partial charge in [0.25, 0.3) is 0 Å². The third-order valence-corrected chi connectivity index (χ3v) is 2.20. The van der Waals surface area contributed by atoms with Crippen LogP contribution in [0.5, 0.6) is 0 Å². The van der Waals surface area contributed by atoms with E-state index in [1.807, 2.05) is 0 Å². The van der Waals surface area contributed by atoms with E-state index in [4.69, 9.17) is 5.11 Å². The summed E-state index contributed by atoms with van der Waals surface area (Å²) in [5.41, 5.74) is -0.966. The summed E-state index contributed by atoms with van der Waals surface area (Å²) in [5, 5.41) is 11.2. The van der Waals surface area contributed by atoms with E-state index in [1.54, 1.807) is 0 Å². The van der Waals surface area contributed by atoms with Crippen molar-refractivity contribution in [3.63, 3.8) is 0 Å². The Labute approximate surface area is 96.3 Å². The van der Waals surface area contributed by atoms with Gasteiger partial charge in [-0.2, -0.15) is 13.2 Å². The first-order valence-corrected chi connectivity index (χ1v) is 5.16. The third kappa shape index (κ3) is 4.22. The van der Waals surface area contributed by atoms with Gasteiger partial charge in [-0.3, -0.25) is 0 Å². The topological polar surface area (TPSA) is 32.3 Å². The highest BCUT2D eigenvalue weighted by molar-refractivity contribution is 5.46. The van der Waals surface area contributed by atoms with E-state index >= 15 is 0 Å². The second-order valence-electron chi connectivity index (χ2n) is 3.55. The summed E-state index contributed by atoms with van der Waals surface area (Å²) in [6.45, 7) is 0.444. The van der Waals surface area contributed by atoms with Gasteiger partial charge in [-0.1, -0.05) is 0 Å². The van der Waals surface area contributed by atoms with Crippen molar-refractivity contribution in [3.05, 3.63) is 29.6 Å². The fourth-order valence-electron chi connectivity index (χ4n) is 1.29. The molecule has 6 heteroatoms. The summed E-state index contributed by atoms with van der Waals surface area (Å²) in [7, 11) is 0. The molecule has 0 atom stereocenters. The first-order chi connectivity index (χ1) is 7.95. The molecule has 0 amide bonds. The van der Waals surface area contributed by atoms with Gasteiger partial charge in [0, 0.05) is 13.2 Å². The van der Waals surface area contributed by atoms with Crippen LogP contribution in [0.3, 0.4) is 0 Å². The van der Waals surface area contributed by atoms with Crippen molar-refractivity contribution < 1.29 is 22.7 Å². The van der Waals surface area contributed by atoms with Crippen LogP contribution in [-0.4, -0.2) is 18.3 Å². The highest BCUT2D eigenvalue weighted by Crippen LogP contribution is 2.31. The molecule has 0 saturated heterocycles. The lowest BCUT2D eigenvalue weighted by Gasteiger charge is -2.10. The Morgan fingerprint density at radius 3 is 2.41 bits per heavy atom. The molecule has 0 aliphatic heterocycles. The van der Waals surface area contributed by atoms with E-state index in [1.165, 1.54) is 0 Å². The Bertz CT molecular complexity index is 365. The number of halogens is 4. The predicted molar refractivity (Wildman–Crippen MR) is 56.2 cm³/mol. The zero-order chi connectivity index (χ0) is 12.9. The van der Waals surface area contributed by atoms with Crippen molar-refractivity contribution in [2.24, 2.45) is 0 Å². The van der Waals surface area contributed by atoms with E-state index in [2.05, 4.69) is 5.32 Å². The first kappa shape index (κ1) is 13.8. The average molecular weight is 251 g/mol. The molecule has 0 saturated carbocycles. The maximum atomic E-state index is 13.3. The van der Waals surface area contributed by atoms with Gasteiger partial charge in [0.2, 0.25) is 0 Å². The molecule has 0 radical (unpaired) electrons. The minimum atomic E-state index is -4.53. The predicted octanol–water partition coefficient (Wildman–Crippen LogP) is 3.03. The Kier molecular flexibility index (Phi) is 4.74. The van der Waals surface area contributed by atoms with Crippen LogP contribution in [-0.2, 0) is 6.18 Å². The van der Waals surface area contributed by atoms with Crippen LogP contribution in [0.25, 0.3) is 0 Å². The van der Waals surface area contributed by atoms with Crippen LogP contribution < -0.4 is 5.32 Å². The van der Waals surface area contributed by atoms with Gasteiger partial charge in [-0.05, 0) is 31.0 Å². The SMILES string of the molecule is OCCCCNc1ccc(C(F)(F)F)cc1F. The molecular formula is C11H13F4NO. The molecule has 0 aliphatic carbocycles. The minimum absolute atomic E-state index is 0.0379. The van der Waals surface area contributed by atoms with Crippen molar-refractivity contribution in [3.8, 4) is 0 Å². The molecule has 17 heavy (non-hydrogen) atoms. The van der Waals surface area contributed by atoms with Crippen molar-refractivity contribution in [1.82, 2.24) is 0 Å². The van der Waals surface area contributed by atoms with Gasteiger partial charge in [-0.15, -0.1) is 0 Å². The maximum Gasteiger partial charge on any atom is 0.416 e. The number of aliphatic hydroxyl groups is 1. The van der Waals surface area contributed by atoms with Crippen molar-refractivity contribution in [2.45, 2.75) is 19.0 Å². The van der Waals surface area contributed by atoms with Gasteiger partial charge in [0.15, 0.2) is 0 Å². The van der Waals surface area contributed by atoms with Crippen molar-refractivity contribution >= 4 is 5.69 Å². The van der Waals surface area contributed by atoms with Crippen LogP contribution in [0.15, 0.2) is 18.2 Å². The van der Waals surface area contributed by atoms with E-state index in [9.17, 15) is 17.6 Å². The van der Waals surface area contributed by atoms with Crippen LogP contribution in [0.1, 0.15) is 18.4 Å². The lowest BCUT2D eigenvalue weighted by molar-refractivity contribution is -0.137. The van der Waals surface area contributed by atoms with Gasteiger partial charge in [0.1, 0.15) is 5.82 Å². The number of aliphatic hydroxyl groups excluding tert-OH is 1. The van der Waals surface area contributed by atoms with Crippen LogP contribution in [0, 0.1) is 5.82 Å². The highest BCUT2D eigenvalue weighted by Gasteiger charge is 2.31. The van der Waals surface area contributed by atoms with E-state index in [0.717, 1.165) is 12.1 Å². The Morgan fingerprint density at radius 2 is 1.88 bits per heavy atom. The normalized spacial score (nSPS) is 11.6. The minimum Gasteiger partial charge on any atom is -0.396 e. The number of hydrogen-bond acceptors (Lipinski definition) is 2. The number of anilines is 1. The Morgan fingerprint density at radius 1 is 1.18 bits per heavy atom. The number of hydrogen-bond donors (Lipinski definition) is 2. The van der Waals surface area contributed by atoms with E-state index < -0.39 is 17.6 Å². The van der Waals surface area contributed by atoms with Crippen LogP contribution in [0.4, 0.5) is 23.2 Å². The van der Waals surface area contributed by atoms with E-state index in [-0.39, 0.29) is 12.3 Å². The zero-order valence-electron chi connectivity index (χ0n) is 9.02. The molecule has 2 N–H and O–H groups in total. The first-order valence-electron chi connectivity index (χ1n) is 5.16. The largest absolute Gasteiger partial charge is 0.416 e. The Hall–Kier alpha value is -1.30. The summed E-state index contributed by atoms with van der Waals surface area (Å²) in [5.74, 6) is -0.927. The Balaban J connectivity index is 2.64. The lowest BCUT2D eigenvalue weighted by Crippen LogP contribution is -2.08. The molecule has 0 spiro atoms. The second-order valence-corrected chi connectivity index (χ2v) is 3.55. The fourth-order valence-corrected chi connectivity index (χ4v) is 1.29. The standard InChI is InChI=1S/C11H13F4NO/c12-9-7-8(11(13,14)15)3-4-10(9)16-5-1-2-6-17/h3-4,7,16-17H,1-2,5-6H2. The molecule has 1 aromatic carbocycles. The smallest absolute Gasteiger partial charge is 0.396 e. The van der Waals surface area contributed by atoms with E-state index in [0.29, 0.717) is 25.5 Å². The monoisotopic (exact) mass is 251 g/mol. The maximum absolute atomic E-state index is 13.3. The molecule has 0 aliphatic rings. The summed E-state index contributed by atoms with van der Waals surface area (Å²) < 4.78 is 50.0. The summed E-state index contributed by atoms with van der Waals surface area (Å²) in [4.78, 5) is 0. The number of benzene rings is 1. The van der Waals surface area contributed by atoms with Gasteiger partial charge < -0.3 is 10.4 Å². The molecule has 0 bridgehead atoms. The number of alkyl halides is 3. The summed E-state index contributed by atoms with van der Waals surface area (Å²) >= 11 is 0. The third-order valence-electron chi connectivity index (χ3n) is 2.20. The highest BCUT2D eigenvalue weighted by atomic mass is 19.4. The van der Waals surface area contributed by atoms with Gasteiger partial charge in [-0.25, -0.2) is 4.39 Å². The number of nitrogens with one attached hydrogen (secondary N) is 1. The number of rotatable bonds is 5. The molecule has 0 heterocycles. The molecule has 1 aromatic rings. The van der Waals surface area contributed by atoms with Crippen LogP contribution in [0.2, 0.25) is 0 Å². The van der Waals surface area contributed by atoms with Gasteiger partial charge in [0.05, 0.1) is 11.3 Å². The average Bonchev–Trinajstić information content (AvgIpc) is 2.24. The molecule has 96 valence electrons. The molecule has 0 fully saturated rings. The van der Waals surface area contributed by atoms with Crippen LogP contribution >= 0.6 is 0 Å². The van der Waals surface area contributed by atoms with Crippen molar-refractivity contribution in [1.29, 1.82) is 0 Å². The second kappa shape index (κ2) is 5.86. The fraction of sp³-hybridized carbons (Fsp3) is 0.455. The van der Waals surface area contributed by atoms with Crippen molar-refractivity contribution in [2.75, 3.05) is 18.5 Å².